The van der Waals surface area contributed by atoms with E-state index in [2.05, 4.69) is 52.6 Å². The van der Waals surface area contributed by atoms with Crippen molar-refractivity contribution in [2.75, 3.05) is 0 Å². The molecule has 3 aromatic carbocycles. The number of aryl methyl sites for hydroxylation is 1. The van der Waals surface area contributed by atoms with E-state index in [-0.39, 0.29) is 0 Å². The number of aromatic nitrogens is 3. The topological polar surface area (TPSA) is 55.2 Å². The zero-order valence-corrected chi connectivity index (χ0v) is 15.6. The Morgan fingerprint density at radius 2 is 1.93 bits per heavy atom. The van der Waals surface area contributed by atoms with Crippen LogP contribution in [0.4, 0.5) is 0 Å². The maximum absolute atomic E-state index is 6.16. The molecule has 0 spiro atoms. The number of rotatable bonds is 5. The van der Waals surface area contributed by atoms with E-state index < -0.39 is 0 Å². The van der Waals surface area contributed by atoms with Crippen LogP contribution in [0.5, 0.6) is 5.75 Å². The molecule has 134 valence electrons. The Labute approximate surface area is 161 Å². The Morgan fingerprint density at radius 1 is 1.11 bits per heavy atom. The third-order valence-corrected chi connectivity index (χ3v) is 4.70. The summed E-state index contributed by atoms with van der Waals surface area (Å²) in [6, 6.07) is 20.4. The van der Waals surface area contributed by atoms with Crippen LogP contribution in [0.1, 0.15) is 16.7 Å². The molecule has 0 bridgehead atoms. The summed E-state index contributed by atoms with van der Waals surface area (Å²) in [7, 11) is 0. The molecule has 5 nitrogen and oxygen atoms in total. The highest BCUT2D eigenvalue weighted by Gasteiger charge is 2.08. The van der Waals surface area contributed by atoms with Crippen LogP contribution < -0.4 is 4.74 Å². The lowest BCUT2D eigenvalue weighted by Gasteiger charge is -2.13. The van der Waals surface area contributed by atoms with Crippen LogP contribution in [0.2, 0.25) is 0 Å². The fraction of sp³-hybridized carbons (Fsp3) is 0.0952. The molecule has 0 saturated carbocycles. The predicted molar refractivity (Wildman–Crippen MR) is 110 cm³/mol. The quantitative estimate of drug-likeness (QED) is 0.401. The van der Waals surface area contributed by atoms with Gasteiger partial charge in [-0.25, -0.2) is 0 Å². The molecule has 4 rings (SSSR count). The number of nitrogens with one attached hydrogen (secondary N) is 1. The van der Waals surface area contributed by atoms with Crippen LogP contribution >= 0.6 is 12.2 Å². The van der Waals surface area contributed by atoms with Crippen LogP contribution in [0.15, 0.2) is 72.1 Å². The molecule has 0 radical (unpaired) electrons. The van der Waals surface area contributed by atoms with Crippen molar-refractivity contribution in [1.82, 2.24) is 14.9 Å². The third-order valence-electron chi connectivity index (χ3n) is 4.42. The summed E-state index contributed by atoms with van der Waals surface area (Å²) in [6.07, 6.45) is 3.30. The molecular formula is C21H18N4OS. The van der Waals surface area contributed by atoms with Crippen molar-refractivity contribution in [3.05, 3.63) is 88.5 Å². The fourth-order valence-corrected chi connectivity index (χ4v) is 3.05. The summed E-state index contributed by atoms with van der Waals surface area (Å²) in [5, 5.41) is 13.2. The first-order valence-electron chi connectivity index (χ1n) is 8.58. The summed E-state index contributed by atoms with van der Waals surface area (Å²) < 4.78 is 8.12. The van der Waals surface area contributed by atoms with Crippen LogP contribution in [-0.4, -0.2) is 21.1 Å². The van der Waals surface area contributed by atoms with Crippen molar-refractivity contribution in [3.63, 3.8) is 0 Å². The number of aromatic amines is 1. The second-order valence-electron chi connectivity index (χ2n) is 6.16. The van der Waals surface area contributed by atoms with E-state index in [0.717, 1.165) is 27.6 Å². The van der Waals surface area contributed by atoms with Gasteiger partial charge in [-0.15, -0.1) is 0 Å². The van der Waals surface area contributed by atoms with Gasteiger partial charge in [0.1, 0.15) is 18.7 Å². The van der Waals surface area contributed by atoms with Crippen molar-refractivity contribution >= 4 is 29.2 Å². The van der Waals surface area contributed by atoms with Crippen LogP contribution in [0, 0.1) is 11.7 Å². The number of ether oxygens (including phenoxy) is 1. The van der Waals surface area contributed by atoms with Crippen LogP contribution in [0.3, 0.4) is 0 Å². The maximum atomic E-state index is 6.16. The molecule has 0 aliphatic heterocycles. The van der Waals surface area contributed by atoms with Gasteiger partial charge in [-0.05, 0) is 47.1 Å². The smallest absolute Gasteiger partial charge is 0.216 e. The van der Waals surface area contributed by atoms with E-state index in [4.69, 9.17) is 17.0 Å². The Bertz CT molecular complexity index is 1180. The van der Waals surface area contributed by atoms with Crippen molar-refractivity contribution in [1.29, 1.82) is 0 Å². The summed E-state index contributed by atoms with van der Waals surface area (Å²) >= 11 is 5.16. The first-order chi connectivity index (χ1) is 13.2. The van der Waals surface area contributed by atoms with Gasteiger partial charge in [0, 0.05) is 5.56 Å². The van der Waals surface area contributed by atoms with E-state index in [1.54, 1.807) is 6.21 Å². The minimum atomic E-state index is 0.439. The second kappa shape index (κ2) is 7.55. The maximum Gasteiger partial charge on any atom is 0.216 e. The molecule has 27 heavy (non-hydrogen) atoms. The number of benzene rings is 3. The highest BCUT2D eigenvalue weighted by molar-refractivity contribution is 7.71. The first kappa shape index (κ1) is 17.2. The Kier molecular flexibility index (Phi) is 4.80. The summed E-state index contributed by atoms with van der Waals surface area (Å²) in [4.78, 5) is 0. The molecule has 0 unspecified atom stereocenters. The monoisotopic (exact) mass is 374 g/mol. The van der Waals surface area contributed by atoms with Gasteiger partial charge < -0.3 is 4.74 Å². The average molecular weight is 374 g/mol. The van der Waals surface area contributed by atoms with Crippen LogP contribution in [0.25, 0.3) is 10.8 Å². The summed E-state index contributed by atoms with van der Waals surface area (Å²) in [6.45, 7) is 2.58. The molecule has 0 atom stereocenters. The van der Waals surface area contributed by atoms with E-state index in [1.807, 2.05) is 30.3 Å². The van der Waals surface area contributed by atoms with E-state index in [1.165, 1.54) is 16.6 Å². The molecule has 0 aliphatic rings. The van der Waals surface area contributed by atoms with Crippen molar-refractivity contribution in [2.24, 2.45) is 5.10 Å². The molecule has 0 aliphatic carbocycles. The summed E-state index contributed by atoms with van der Waals surface area (Å²) in [5.74, 6) is 0.774. The van der Waals surface area contributed by atoms with Crippen LogP contribution in [-0.2, 0) is 6.61 Å². The molecular weight excluding hydrogens is 356 g/mol. The number of hydrogen-bond acceptors (Lipinski definition) is 4. The molecule has 0 amide bonds. The summed E-state index contributed by atoms with van der Waals surface area (Å²) in [5.41, 5.74) is 3.27. The molecule has 0 saturated heterocycles. The van der Waals surface area contributed by atoms with Crippen molar-refractivity contribution < 1.29 is 4.74 Å². The lowest BCUT2D eigenvalue weighted by atomic mass is 10.0. The number of hydrogen-bond donors (Lipinski definition) is 1. The third kappa shape index (κ3) is 3.66. The highest BCUT2D eigenvalue weighted by Crippen LogP contribution is 2.27. The molecule has 0 fully saturated rings. The van der Waals surface area contributed by atoms with Gasteiger partial charge in [0.15, 0.2) is 0 Å². The standard InChI is InChI=1S/C21H18N4OS/c1-15-6-2-3-8-17(15)13-26-20-11-10-16-7-4-5-9-18(16)19(20)12-23-25-14-22-24-21(25)27/h2-12,14H,13H2,1H3,(H,24,27)/b23-12+. The van der Waals surface area contributed by atoms with Gasteiger partial charge >= 0.3 is 0 Å². The normalized spacial score (nSPS) is 11.3. The molecule has 4 aromatic rings. The van der Waals surface area contributed by atoms with E-state index in [0.29, 0.717) is 11.4 Å². The average Bonchev–Trinajstić information content (AvgIpc) is 3.10. The fourth-order valence-electron chi connectivity index (χ4n) is 2.91. The lowest BCUT2D eigenvalue weighted by molar-refractivity contribution is 0.305. The largest absolute Gasteiger partial charge is 0.488 e. The van der Waals surface area contributed by atoms with Gasteiger partial charge in [0.05, 0.1) is 6.21 Å². The van der Waals surface area contributed by atoms with Gasteiger partial charge in [-0.3, -0.25) is 5.10 Å². The highest BCUT2D eigenvalue weighted by atomic mass is 32.1. The Balaban J connectivity index is 1.73. The number of fused-ring (bicyclic) bond motifs is 1. The molecule has 1 N–H and O–H groups in total. The second-order valence-corrected chi connectivity index (χ2v) is 6.55. The minimum absolute atomic E-state index is 0.439. The van der Waals surface area contributed by atoms with Crippen molar-refractivity contribution in [3.8, 4) is 5.75 Å². The zero-order chi connectivity index (χ0) is 18.6. The molecule has 1 aromatic heterocycles. The lowest BCUT2D eigenvalue weighted by Crippen LogP contribution is -2.01. The number of nitrogens with zero attached hydrogens (tertiary/aromatic N) is 3. The van der Waals surface area contributed by atoms with Crippen molar-refractivity contribution in [2.45, 2.75) is 13.5 Å². The van der Waals surface area contributed by atoms with Gasteiger partial charge in [-0.1, -0.05) is 54.6 Å². The Morgan fingerprint density at radius 3 is 2.74 bits per heavy atom. The van der Waals surface area contributed by atoms with Gasteiger partial charge in [-0.2, -0.15) is 14.9 Å². The Hall–Kier alpha value is -3.25. The minimum Gasteiger partial charge on any atom is -0.488 e. The zero-order valence-electron chi connectivity index (χ0n) is 14.8. The van der Waals surface area contributed by atoms with Gasteiger partial charge in [0.25, 0.3) is 0 Å². The number of H-pyrrole nitrogens is 1. The van der Waals surface area contributed by atoms with E-state index in [9.17, 15) is 0 Å². The SMILES string of the molecule is Cc1ccccc1COc1ccc2ccccc2c1/C=N/n1cn[nH]c1=S. The molecule has 1 heterocycles. The van der Waals surface area contributed by atoms with E-state index >= 15 is 0 Å². The molecule has 6 heteroatoms. The van der Waals surface area contributed by atoms with Gasteiger partial charge in [0.2, 0.25) is 4.77 Å². The predicted octanol–water partition coefficient (Wildman–Crippen LogP) is 4.86. The first-order valence-corrected chi connectivity index (χ1v) is 8.98.